The van der Waals surface area contributed by atoms with Gasteiger partial charge in [-0.3, -0.25) is 0 Å². The van der Waals surface area contributed by atoms with E-state index in [0.717, 1.165) is 25.6 Å². The number of hydrogen-bond donors (Lipinski definition) is 1. The minimum Gasteiger partial charge on any atom is -0.389 e. The van der Waals surface area contributed by atoms with Crippen molar-refractivity contribution in [2.24, 2.45) is 17.8 Å². The standard InChI is InChI=1S/C19H37NO2.CH4/c1-15(2)18-9-8-16(3)12-19(18)22-14-17(21)13-20-10-6-4-5-7-11-20;/h15-19,21H,4-14H2,1-3H3;1H4. The highest BCUT2D eigenvalue weighted by molar-refractivity contribution is 4.82. The third-order valence-electron chi connectivity index (χ3n) is 5.63. The average molecular weight is 328 g/mol. The molecule has 0 aromatic heterocycles. The molecule has 0 spiro atoms. The number of β-amino-alcohol motifs (C(OH)–C–C–N with tert-alkyl or cyclic N) is 1. The van der Waals surface area contributed by atoms with Crippen LogP contribution in [0.3, 0.4) is 0 Å². The zero-order valence-corrected chi connectivity index (χ0v) is 15.0. The first-order valence-corrected chi connectivity index (χ1v) is 9.58. The summed E-state index contributed by atoms with van der Waals surface area (Å²) in [6, 6.07) is 0. The number of ether oxygens (including phenoxy) is 1. The molecule has 1 aliphatic carbocycles. The van der Waals surface area contributed by atoms with Gasteiger partial charge < -0.3 is 14.7 Å². The zero-order chi connectivity index (χ0) is 15.9. The summed E-state index contributed by atoms with van der Waals surface area (Å²) < 4.78 is 6.19. The average Bonchev–Trinajstić information content (AvgIpc) is 2.73. The third-order valence-corrected chi connectivity index (χ3v) is 5.63. The Balaban J connectivity index is 0.00000264. The van der Waals surface area contributed by atoms with E-state index in [0.29, 0.717) is 24.5 Å². The van der Waals surface area contributed by atoms with Gasteiger partial charge in [0.25, 0.3) is 0 Å². The van der Waals surface area contributed by atoms with Gasteiger partial charge >= 0.3 is 0 Å². The molecule has 2 fully saturated rings. The van der Waals surface area contributed by atoms with Gasteiger partial charge in [-0.25, -0.2) is 0 Å². The molecule has 1 aliphatic heterocycles. The van der Waals surface area contributed by atoms with Gasteiger partial charge in [-0.05, 0) is 56.5 Å². The molecule has 0 radical (unpaired) electrons. The Morgan fingerprint density at radius 1 is 1.09 bits per heavy atom. The number of aliphatic hydroxyl groups is 1. The summed E-state index contributed by atoms with van der Waals surface area (Å²) in [6.45, 7) is 10.5. The zero-order valence-electron chi connectivity index (χ0n) is 15.0. The van der Waals surface area contributed by atoms with Crippen LogP contribution in [-0.2, 0) is 4.74 Å². The SMILES string of the molecule is C.CC1CCC(C(C)C)C(OCC(O)CN2CCCCCC2)C1. The van der Waals surface area contributed by atoms with E-state index in [1.165, 1.54) is 44.9 Å². The molecule has 0 aromatic carbocycles. The molecule has 138 valence electrons. The van der Waals surface area contributed by atoms with Gasteiger partial charge in [0.2, 0.25) is 0 Å². The molecular weight excluding hydrogens is 286 g/mol. The maximum Gasteiger partial charge on any atom is 0.0900 e. The van der Waals surface area contributed by atoms with Crippen LogP contribution in [0.4, 0.5) is 0 Å². The molecule has 1 heterocycles. The predicted molar refractivity (Wildman–Crippen MR) is 98.7 cm³/mol. The minimum atomic E-state index is -0.330. The van der Waals surface area contributed by atoms with Gasteiger partial charge in [0.15, 0.2) is 0 Å². The third kappa shape index (κ3) is 7.11. The molecule has 4 unspecified atom stereocenters. The molecule has 2 rings (SSSR count). The number of rotatable bonds is 6. The number of aliphatic hydroxyl groups excluding tert-OH is 1. The van der Waals surface area contributed by atoms with Crippen molar-refractivity contribution in [3.05, 3.63) is 0 Å². The van der Waals surface area contributed by atoms with Crippen molar-refractivity contribution in [1.29, 1.82) is 0 Å². The summed E-state index contributed by atoms with van der Waals surface area (Å²) in [5.74, 6) is 2.12. The molecule has 1 N–H and O–H groups in total. The van der Waals surface area contributed by atoms with E-state index in [-0.39, 0.29) is 13.5 Å². The Morgan fingerprint density at radius 3 is 2.35 bits per heavy atom. The highest BCUT2D eigenvalue weighted by atomic mass is 16.5. The highest BCUT2D eigenvalue weighted by Crippen LogP contribution is 2.35. The lowest BCUT2D eigenvalue weighted by molar-refractivity contribution is -0.0737. The lowest BCUT2D eigenvalue weighted by Crippen LogP contribution is -2.39. The van der Waals surface area contributed by atoms with Crippen LogP contribution in [0.5, 0.6) is 0 Å². The molecule has 1 saturated carbocycles. The molecule has 0 aromatic rings. The van der Waals surface area contributed by atoms with Crippen molar-refractivity contribution in [1.82, 2.24) is 4.90 Å². The second kappa shape index (κ2) is 10.7. The lowest BCUT2D eigenvalue weighted by atomic mass is 9.75. The Morgan fingerprint density at radius 2 is 1.74 bits per heavy atom. The van der Waals surface area contributed by atoms with Crippen LogP contribution in [0, 0.1) is 17.8 Å². The van der Waals surface area contributed by atoms with Crippen molar-refractivity contribution in [3.8, 4) is 0 Å². The van der Waals surface area contributed by atoms with E-state index < -0.39 is 0 Å². The topological polar surface area (TPSA) is 32.7 Å². The Hall–Kier alpha value is -0.120. The van der Waals surface area contributed by atoms with Gasteiger partial charge in [0.1, 0.15) is 0 Å². The smallest absolute Gasteiger partial charge is 0.0900 e. The van der Waals surface area contributed by atoms with Gasteiger partial charge in [0, 0.05) is 6.54 Å². The number of likely N-dealkylation sites (tertiary alicyclic amines) is 1. The minimum absolute atomic E-state index is 0. The van der Waals surface area contributed by atoms with Crippen molar-refractivity contribution < 1.29 is 9.84 Å². The van der Waals surface area contributed by atoms with E-state index in [2.05, 4.69) is 25.7 Å². The lowest BCUT2D eigenvalue weighted by Gasteiger charge is -2.37. The van der Waals surface area contributed by atoms with Crippen molar-refractivity contribution in [2.45, 2.75) is 85.4 Å². The molecule has 4 atom stereocenters. The summed E-state index contributed by atoms with van der Waals surface area (Å²) in [4.78, 5) is 2.42. The van der Waals surface area contributed by atoms with Crippen LogP contribution in [0.15, 0.2) is 0 Å². The second-order valence-corrected chi connectivity index (χ2v) is 8.07. The fourth-order valence-corrected chi connectivity index (χ4v) is 4.21. The normalized spacial score (nSPS) is 31.4. The first kappa shape index (κ1) is 20.9. The van der Waals surface area contributed by atoms with Gasteiger partial charge in [-0.15, -0.1) is 0 Å². The Kier molecular flexibility index (Phi) is 9.72. The predicted octanol–water partition coefficient (Wildman–Crippen LogP) is 4.34. The maximum absolute atomic E-state index is 10.3. The fourth-order valence-electron chi connectivity index (χ4n) is 4.21. The van der Waals surface area contributed by atoms with Crippen LogP contribution < -0.4 is 0 Å². The summed E-state index contributed by atoms with van der Waals surface area (Å²) in [6.07, 6.45) is 9.06. The van der Waals surface area contributed by atoms with Crippen LogP contribution in [0.1, 0.15) is 73.1 Å². The maximum atomic E-state index is 10.3. The molecule has 3 nitrogen and oxygen atoms in total. The Labute approximate surface area is 144 Å². The van der Waals surface area contributed by atoms with Crippen LogP contribution in [0.2, 0.25) is 0 Å². The van der Waals surface area contributed by atoms with Gasteiger partial charge in [-0.1, -0.05) is 47.5 Å². The Bertz CT molecular complexity index is 300. The van der Waals surface area contributed by atoms with Crippen LogP contribution in [0.25, 0.3) is 0 Å². The molecule has 1 saturated heterocycles. The van der Waals surface area contributed by atoms with Crippen molar-refractivity contribution in [3.63, 3.8) is 0 Å². The van der Waals surface area contributed by atoms with E-state index in [4.69, 9.17) is 4.74 Å². The molecular formula is C20H41NO2. The molecule has 23 heavy (non-hydrogen) atoms. The van der Waals surface area contributed by atoms with E-state index in [1.807, 2.05) is 0 Å². The van der Waals surface area contributed by atoms with Gasteiger partial charge in [-0.2, -0.15) is 0 Å². The summed E-state index contributed by atoms with van der Waals surface area (Å²) in [5, 5.41) is 10.3. The quantitative estimate of drug-likeness (QED) is 0.788. The van der Waals surface area contributed by atoms with E-state index in [1.54, 1.807) is 0 Å². The highest BCUT2D eigenvalue weighted by Gasteiger charge is 2.31. The van der Waals surface area contributed by atoms with Crippen LogP contribution >= 0.6 is 0 Å². The monoisotopic (exact) mass is 327 g/mol. The summed E-state index contributed by atoms with van der Waals surface area (Å²) >= 11 is 0. The molecule has 0 bridgehead atoms. The molecule has 0 amide bonds. The van der Waals surface area contributed by atoms with E-state index in [9.17, 15) is 5.11 Å². The van der Waals surface area contributed by atoms with Crippen LogP contribution in [-0.4, -0.2) is 48.5 Å². The molecule has 3 heteroatoms. The van der Waals surface area contributed by atoms with Gasteiger partial charge in [0.05, 0.1) is 18.8 Å². The van der Waals surface area contributed by atoms with Crippen molar-refractivity contribution >= 4 is 0 Å². The number of nitrogens with zero attached hydrogens (tertiary/aromatic N) is 1. The summed E-state index contributed by atoms with van der Waals surface area (Å²) in [5.41, 5.74) is 0. The molecule has 2 aliphatic rings. The largest absolute Gasteiger partial charge is 0.389 e. The first-order chi connectivity index (χ1) is 10.6. The number of hydrogen-bond acceptors (Lipinski definition) is 3. The van der Waals surface area contributed by atoms with E-state index >= 15 is 0 Å². The summed E-state index contributed by atoms with van der Waals surface area (Å²) in [7, 11) is 0. The first-order valence-electron chi connectivity index (χ1n) is 9.58. The fraction of sp³-hybridized carbons (Fsp3) is 1.00. The van der Waals surface area contributed by atoms with Crippen molar-refractivity contribution in [2.75, 3.05) is 26.2 Å². The second-order valence-electron chi connectivity index (χ2n) is 8.07.